The molecule has 2 heterocycles. The van der Waals surface area contributed by atoms with Crippen LogP contribution in [-0.2, 0) is 0 Å². The van der Waals surface area contributed by atoms with Gasteiger partial charge in [0.05, 0.1) is 10.1 Å². The lowest BCUT2D eigenvalue weighted by Crippen LogP contribution is -2.11. The first-order chi connectivity index (χ1) is 11.1. The van der Waals surface area contributed by atoms with Gasteiger partial charge in [-0.1, -0.05) is 12.1 Å². The van der Waals surface area contributed by atoms with Crippen LogP contribution < -0.4 is 5.32 Å². The van der Waals surface area contributed by atoms with Crippen molar-refractivity contribution in [1.82, 2.24) is 0 Å². The molecule has 1 saturated heterocycles. The van der Waals surface area contributed by atoms with Crippen molar-refractivity contribution in [3.8, 4) is 6.07 Å². The van der Waals surface area contributed by atoms with E-state index < -0.39 is 0 Å². The summed E-state index contributed by atoms with van der Waals surface area (Å²) in [4.78, 5) is 13.5. The van der Waals surface area contributed by atoms with Crippen molar-refractivity contribution in [3.63, 3.8) is 0 Å². The minimum absolute atomic E-state index is 0.166. The molecule has 1 N–H and O–H groups in total. The molecule has 1 aliphatic heterocycles. The summed E-state index contributed by atoms with van der Waals surface area (Å²) in [5.41, 5.74) is 3.39. The fourth-order valence-electron chi connectivity index (χ4n) is 2.37. The van der Waals surface area contributed by atoms with Gasteiger partial charge in [-0.3, -0.25) is 4.79 Å². The zero-order valence-electron chi connectivity index (χ0n) is 12.9. The minimum atomic E-state index is -0.166. The lowest BCUT2D eigenvalue weighted by Gasteiger charge is -2.09. The maximum absolute atomic E-state index is 12.4. The van der Waals surface area contributed by atoms with Crippen molar-refractivity contribution in [2.24, 2.45) is 0 Å². The van der Waals surface area contributed by atoms with Crippen LogP contribution in [0.4, 0.5) is 5.00 Å². The number of anilines is 1. The Morgan fingerprint density at radius 2 is 1.87 bits per heavy atom. The van der Waals surface area contributed by atoms with Gasteiger partial charge in [-0.2, -0.15) is 5.26 Å². The first kappa shape index (κ1) is 16.4. The Hall–Kier alpha value is -1.42. The number of hydrogen-bond acceptors (Lipinski definition) is 5. The summed E-state index contributed by atoms with van der Waals surface area (Å²) in [5.74, 6) is 2.21. The number of thiophene rings is 1. The van der Waals surface area contributed by atoms with Crippen molar-refractivity contribution < 1.29 is 4.79 Å². The highest BCUT2D eigenvalue weighted by Crippen LogP contribution is 2.45. The Labute approximate surface area is 148 Å². The predicted molar refractivity (Wildman–Crippen MR) is 101 cm³/mol. The second-order valence-corrected chi connectivity index (χ2v) is 9.20. The van der Waals surface area contributed by atoms with Crippen LogP contribution in [0.5, 0.6) is 0 Å². The molecule has 0 saturated carbocycles. The molecule has 0 aliphatic carbocycles. The molecule has 0 bridgehead atoms. The van der Waals surface area contributed by atoms with Gasteiger partial charge < -0.3 is 5.32 Å². The number of nitrogens with one attached hydrogen (secondary N) is 1. The Kier molecular flexibility index (Phi) is 5.00. The number of thioether (sulfide) groups is 2. The number of benzene rings is 1. The molecule has 3 nitrogen and oxygen atoms in total. The fraction of sp³-hybridized carbons (Fsp3) is 0.294. The molecule has 0 unspecified atom stereocenters. The Balaban J connectivity index is 1.76. The molecular formula is C17H16N2OS3. The molecule has 1 fully saturated rings. The topological polar surface area (TPSA) is 52.9 Å². The van der Waals surface area contributed by atoms with Gasteiger partial charge >= 0.3 is 0 Å². The van der Waals surface area contributed by atoms with Gasteiger partial charge in [0.15, 0.2) is 0 Å². The molecule has 1 aliphatic rings. The van der Waals surface area contributed by atoms with E-state index in [2.05, 4.69) is 11.4 Å². The van der Waals surface area contributed by atoms with Crippen LogP contribution in [0.3, 0.4) is 0 Å². The third-order valence-electron chi connectivity index (χ3n) is 3.79. The van der Waals surface area contributed by atoms with Crippen LogP contribution in [0.2, 0.25) is 0 Å². The molecule has 0 radical (unpaired) electrons. The summed E-state index contributed by atoms with van der Waals surface area (Å²) in [5, 5.41) is 12.8. The number of rotatable bonds is 3. The van der Waals surface area contributed by atoms with E-state index in [1.165, 1.54) is 28.4 Å². The Bertz CT molecular complexity index is 768. The van der Waals surface area contributed by atoms with E-state index in [4.69, 9.17) is 0 Å². The van der Waals surface area contributed by atoms with Crippen LogP contribution >= 0.6 is 34.9 Å². The number of nitriles is 1. The van der Waals surface area contributed by atoms with Gasteiger partial charge in [0.2, 0.25) is 0 Å². The van der Waals surface area contributed by atoms with E-state index >= 15 is 0 Å². The minimum Gasteiger partial charge on any atom is -0.312 e. The summed E-state index contributed by atoms with van der Waals surface area (Å²) in [6.45, 7) is 3.87. The molecular weight excluding hydrogens is 344 g/mol. The largest absolute Gasteiger partial charge is 0.312 e. The van der Waals surface area contributed by atoms with Crippen LogP contribution in [0.25, 0.3) is 0 Å². The normalized spacial score (nSPS) is 14.7. The fourth-order valence-corrected chi connectivity index (χ4v) is 6.23. The zero-order chi connectivity index (χ0) is 16.4. The van der Waals surface area contributed by atoms with E-state index in [1.54, 1.807) is 0 Å². The van der Waals surface area contributed by atoms with E-state index in [0.717, 1.165) is 10.4 Å². The van der Waals surface area contributed by atoms with Gasteiger partial charge in [-0.25, -0.2) is 0 Å². The van der Waals surface area contributed by atoms with Crippen LogP contribution in [-0.4, -0.2) is 17.4 Å². The number of carbonyl (C=O) groups is 1. The quantitative estimate of drug-likeness (QED) is 0.840. The molecule has 23 heavy (non-hydrogen) atoms. The van der Waals surface area contributed by atoms with Crippen molar-refractivity contribution in [1.29, 1.82) is 5.26 Å². The summed E-state index contributed by atoms with van der Waals surface area (Å²) >= 11 is 5.35. The third-order valence-corrected chi connectivity index (χ3v) is 8.02. The molecule has 6 heteroatoms. The highest BCUT2D eigenvalue weighted by Gasteiger charge is 2.19. The maximum atomic E-state index is 12.4. The molecule has 1 aromatic heterocycles. The van der Waals surface area contributed by atoms with Crippen molar-refractivity contribution in [3.05, 3.63) is 51.4 Å². The number of nitrogens with zero attached hydrogens (tertiary/aromatic N) is 1. The van der Waals surface area contributed by atoms with Gasteiger partial charge in [-0.05, 0) is 37.1 Å². The molecule has 1 aromatic carbocycles. The third kappa shape index (κ3) is 3.42. The van der Waals surface area contributed by atoms with E-state index in [0.29, 0.717) is 20.7 Å². The van der Waals surface area contributed by atoms with Crippen molar-refractivity contribution in [2.75, 3.05) is 16.8 Å². The predicted octanol–water partition coefficient (Wildman–Crippen LogP) is 4.97. The summed E-state index contributed by atoms with van der Waals surface area (Å²) in [7, 11) is 0. The zero-order valence-corrected chi connectivity index (χ0v) is 15.3. The SMILES string of the molecule is Cc1sc(NC(=O)c2ccc(C3SCCS3)cc2)c(C#N)c1C. The number of hydrogen-bond donors (Lipinski definition) is 1. The van der Waals surface area contributed by atoms with E-state index in [-0.39, 0.29) is 5.91 Å². The molecule has 0 atom stereocenters. The second kappa shape index (κ2) is 7.00. The highest BCUT2D eigenvalue weighted by molar-refractivity contribution is 8.19. The molecule has 1 amide bonds. The number of aryl methyl sites for hydroxylation is 1. The standard InChI is InChI=1S/C17H16N2OS3/c1-10-11(2)23-16(14(10)9-18)19-15(20)12-3-5-13(6-4-12)17-21-7-8-22-17/h3-6,17H,7-8H2,1-2H3,(H,19,20). The Morgan fingerprint density at radius 1 is 1.22 bits per heavy atom. The van der Waals surface area contributed by atoms with Gasteiger partial charge in [0.25, 0.3) is 5.91 Å². The number of carbonyl (C=O) groups excluding carboxylic acids is 1. The summed E-state index contributed by atoms with van der Waals surface area (Å²) in [6.07, 6.45) is 0. The van der Waals surface area contributed by atoms with Crippen molar-refractivity contribution in [2.45, 2.75) is 18.4 Å². The molecule has 0 spiro atoms. The smallest absolute Gasteiger partial charge is 0.256 e. The second-order valence-electron chi connectivity index (χ2n) is 5.25. The van der Waals surface area contributed by atoms with Crippen LogP contribution in [0.1, 0.15) is 36.5 Å². The number of amides is 1. The maximum Gasteiger partial charge on any atom is 0.256 e. The van der Waals surface area contributed by atoms with E-state index in [1.807, 2.05) is 61.6 Å². The monoisotopic (exact) mass is 360 g/mol. The van der Waals surface area contributed by atoms with E-state index in [9.17, 15) is 10.1 Å². The highest BCUT2D eigenvalue weighted by atomic mass is 32.2. The molecule has 2 aromatic rings. The van der Waals surface area contributed by atoms with Gasteiger partial charge in [0, 0.05) is 21.9 Å². The van der Waals surface area contributed by atoms with Crippen LogP contribution in [0, 0.1) is 25.2 Å². The lowest BCUT2D eigenvalue weighted by molar-refractivity contribution is 0.102. The summed E-state index contributed by atoms with van der Waals surface area (Å²) in [6, 6.07) is 9.96. The molecule has 118 valence electrons. The van der Waals surface area contributed by atoms with Gasteiger partial charge in [0.1, 0.15) is 11.1 Å². The average molecular weight is 361 g/mol. The first-order valence-electron chi connectivity index (χ1n) is 7.24. The summed E-state index contributed by atoms with van der Waals surface area (Å²) < 4.78 is 0.486. The average Bonchev–Trinajstić information content (AvgIpc) is 3.17. The Morgan fingerprint density at radius 3 is 2.48 bits per heavy atom. The van der Waals surface area contributed by atoms with Crippen LogP contribution in [0.15, 0.2) is 24.3 Å². The first-order valence-corrected chi connectivity index (χ1v) is 10.2. The lowest BCUT2D eigenvalue weighted by atomic mass is 10.1. The van der Waals surface area contributed by atoms with Crippen molar-refractivity contribution >= 4 is 45.8 Å². The molecule has 3 rings (SSSR count). The van der Waals surface area contributed by atoms with Gasteiger partial charge in [-0.15, -0.1) is 34.9 Å².